The van der Waals surface area contributed by atoms with Crippen LogP contribution in [0.4, 0.5) is 17.1 Å². The van der Waals surface area contributed by atoms with Crippen molar-refractivity contribution in [3.8, 4) is 50.2 Å². The highest BCUT2D eigenvalue weighted by Gasteiger charge is 2.19. The summed E-state index contributed by atoms with van der Waals surface area (Å²) < 4.78 is 2.47. The smallest absolute Gasteiger partial charge is 0.0541 e. The first-order chi connectivity index (χ1) is 30.7. The Bertz CT molecular complexity index is 3230. The van der Waals surface area contributed by atoms with Crippen LogP contribution in [0.5, 0.6) is 0 Å². The van der Waals surface area contributed by atoms with Gasteiger partial charge in [0.15, 0.2) is 0 Å². The monoisotopic (exact) mass is 792 g/mol. The molecule has 0 spiro atoms. The van der Waals surface area contributed by atoms with Crippen LogP contribution in [0.1, 0.15) is 18.4 Å². The molecule has 0 radical (unpaired) electrons. The van der Waals surface area contributed by atoms with Gasteiger partial charge in [-0.05, 0) is 130 Å². The van der Waals surface area contributed by atoms with E-state index in [1.54, 1.807) is 0 Å². The highest BCUT2D eigenvalue weighted by Crippen LogP contribution is 2.41. The molecule has 0 unspecified atom stereocenters. The molecule has 2 nitrogen and oxygen atoms in total. The predicted molar refractivity (Wildman–Crippen MR) is 264 cm³/mol. The number of fused-ring (bicyclic) bond motifs is 3. The van der Waals surface area contributed by atoms with Crippen molar-refractivity contribution in [3.05, 3.63) is 248 Å². The van der Waals surface area contributed by atoms with Gasteiger partial charge in [0.1, 0.15) is 0 Å². The zero-order valence-electron chi connectivity index (χ0n) is 34.4. The summed E-state index contributed by atoms with van der Waals surface area (Å²) in [6.45, 7) is 0. The summed E-state index contributed by atoms with van der Waals surface area (Å²) in [5.74, 6) is 0. The van der Waals surface area contributed by atoms with E-state index in [-0.39, 0.29) is 0 Å². The first-order valence-corrected chi connectivity index (χ1v) is 21.6. The van der Waals surface area contributed by atoms with Gasteiger partial charge in [-0.25, -0.2) is 0 Å². The summed E-state index contributed by atoms with van der Waals surface area (Å²) in [5.41, 5.74) is 19.2. The molecule has 9 aromatic carbocycles. The fourth-order valence-electron chi connectivity index (χ4n) is 9.15. The third kappa shape index (κ3) is 7.02. The van der Waals surface area contributed by atoms with E-state index >= 15 is 0 Å². The number of hydrogen-bond acceptors (Lipinski definition) is 1. The minimum Gasteiger partial charge on any atom is -0.311 e. The van der Waals surface area contributed by atoms with E-state index in [9.17, 15) is 0 Å². The number of para-hydroxylation sites is 2. The van der Waals surface area contributed by atoms with Crippen LogP contribution in [0.15, 0.2) is 243 Å². The number of nitrogens with zero attached hydrogens (tertiary/aromatic N) is 2. The largest absolute Gasteiger partial charge is 0.311 e. The average molecular weight is 793 g/mol. The van der Waals surface area contributed by atoms with Gasteiger partial charge >= 0.3 is 0 Å². The molecule has 10 aromatic rings. The van der Waals surface area contributed by atoms with Crippen molar-refractivity contribution in [2.75, 3.05) is 4.90 Å². The highest BCUT2D eigenvalue weighted by molar-refractivity contribution is 6.12. The predicted octanol–water partition coefficient (Wildman–Crippen LogP) is 16.7. The van der Waals surface area contributed by atoms with Crippen LogP contribution in [-0.2, 0) is 0 Å². The molecule has 0 fully saturated rings. The Morgan fingerprint density at radius 3 is 1.37 bits per heavy atom. The Kier molecular flexibility index (Phi) is 9.72. The van der Waals surface area contributed by atoms with Gasteiger partial charge in [0.25, 0.3) is 0 Å². The number of rotatable bonds is 9. The molecule has 0 atom stereocenters. The van der Waals surface area contributed by atoms with Crippen molar-refractivity contribution < 1.29 is 0 Å². The molecule has 0 aliphatic heterocycles. The Balaban J connectivity index is 0.940. The SMILES string of the molecule is C1=CCCC(c2ccc3c(c2)c2cc(-c4ccccc4)ccc2n3-c2ccccc2-c2ccc(-c3ccc(N(c4ccccc4)c4ccc(-c5ccccc5)cc4)cc3)cc2)=C1. The summed E-state index contributed by atoms with van der Waals surface area (Å²) >= 11 is 0. The fourth-order valence-corrected chi connectivity index (χ4v) is 9.15. The summed E-state index contributed by atoms with van der Waals surface area (Å²) in [7, 11) is 0. The van der Waals surface area contributed by atoms with Crippen LogP contribution in [0.25, 0.3) is 77.6 Å². The van der Waals surface area contributed by atoms with Crippen molar-refractivity contribution in [1.82, 2.24) is 4.57 Å². The second-order valence-corrected chi connectivity index (χ2v) is 16.0. The van der Waals surface area contributed by atoms with Crippen LogP contribution in [0.2, 0.25) is 0 Å². The number of aromatic nitrogens is 1. The number of allylic oxidation sites excluding steroid dienone is 4. The molecule has 1 heterocycles. The van der Waals surface area contributed by atoms with E-state index < -0.39 is 0 Å². The molecule has 0 N–H and O–H groups in total. The van der Waals surface area contributed by atoms with E-state index in [1.165, 1.54) is 83.1 Å². The lowest BCUT2D eigenvalue weighted by molar-refractivity contribution is 1.05. The van der Waals surface area contributed by atoms with Gasteiger partial charge < -0.3 is 9.47 Å². The maximum Gasteiger partial charge on any atom is 0.0541 e. The first kappa shape index (κ1) is 37.1. The van der Waals surface area contributed by atoms with Gasteiger partial charge in [-0.2, -0.15) is 0 Å². The second-order valence-electron chi connectivity index (χ2n) is 16.0. The van der Waals surface area contributed by atoms with E-state index in [0.29, 0.717) is 0 Å². The molecule has 1 aliphatic carbocycles. The summed E-state index contributed by atoms with van der Waals surface area (Å²) in [6.07, 6.45) is 8.88. The fraction of sp³-hybridized carbons (Fsp3) is 0.0333. The Hall–Kier alpha value is -7.94. The maximum absolute atomic E-state index is 2.47. The minimum atomic E-state index is 1.06. The quantitative estimate of drug-likeness (QED) is 0.141. The highest BCUT2D eigenvalue weighted by atomic mass is 15.1. The third-order valence-corrected chi connectivity index (χ3v) is 12.3. The lowest BCUT2D eigenvalue weighted by Gasteiger charge is -2.26. The van der Waals surface area contributed by atoms with Crippen molar-refractivity contribution in [3.63, 3.8) is 0 Å². The van der Waals surface area contributed by atoms with Crippen molar-refractivity contribution >= 4 is 44.4 Å². The molecule has 294 valence electrons. The Morgan fingerprint density at radius 2 is 0.790 bits per heavy atom. The van der Waals surface area contributed by atoms with Crippen LogP contribution < -0.4 is 4.90 Å². The molecule has 1 aromatic heterocycles. The zero-order valence-corrected chi connectivity index (χ0v) is 34.4. The van der Waals surface area contributed by atoms with E-state index in [1.807, 2.05) is 0 Å². The van der Waals surface area contributed by atoms with Gasteiger partial charge in [0, 0.05) is 33.4 Å². The van der Waals surface area contributed by atoms with Gasteiger partial charge in [0.2, 0.25) is 0 Å². The molecular formula is C60H44N2. The van der Waals surface area contributed by atoms with Crippen molar-refractivity contribution in [2.24, 2.45) is 0 Å². The number of benzene rings is 9. The summed E-state index contributed by atoms with van der Waals surface area (Å²) in [6, 6.07) is 81.6. The van der Waals surface area contributed by atoms with Crippen molar-refractivity contribution in [2.45, 2.75) is 12.8 Å². The van der Waals surface area contributed by atoms with Gasteiger partial charge in [-0.1, -0.05) is 176 Å². The molecule has 0 saturated carbocycles. The number of anilines is 3. The second kappa shape index (κ2) is 16.3. The zero-order chi connectivity index (χ0) is 41.2. The van der Waals surface area contributed by atoms with E-state index in [4.69, 9.17) is 0 Å². The summed E-state index contributed by atoms with van der Waals surface area (Å²) in [5, 5.41) is 2.54. The first-order valence-electron chi connectivity index (χ1n) is 21.6. The number of hydrogen-bond donors (Lipinski definition) is 0. The molecule has 0 bridgehead atoms. The van der Waals surface area contributed by atoms with Gasteiger partial charge in [-0.3, -0.25) is 0 Å². The van der Waals surface area contributed by atoms with Crippen LogP contribution in [-0.4, -0.2) is 4.57 Å². The van der Waals surface area contributed by atoms with Crippen LogP contribution in [0, 0.1) is 0 Å². The van der Waals surface area contributed by atoms with Crippen LogP contribution in [0.3, 0.4) is 0 Å². The lowest BCUT2D eigenvalue weighted by Crippen LogP contribution is -2.09. The molecule has 0 saturated heterocycles. The molecular weight excluding hydrogens is 749 g/mol. The third-order valence-electron chi connectivity index (χ3n) is 12.3. The Morgan fingerprint density at radius 1 is 0.355 bits per heavy atom. The summed E-state index contributed by atoms with van der Waals surface area (Å²) in [4.78, 5) is 2.32. The van der Waals surface area contributed by atoms with E-state index in [0.717, 1.165) is 29.9 Å². The molecule has 1 aliphatic rings. The molecule has 11 rings (SSSR count). The molecule has 2 heteroatoms. The Labute approximate surface area is 363 Å². The maximum atomic E-state index is 2.47. The topological polar surface area (TPSA) is 8.17 Å². The standard InChI is InChI=1S/C60H44N2/c1-5-15-43(16-6-1)47-29-35-53(36-30-47)61(52-21-11-4-12-22-52)54-37-31-48(32-38-54)46-25-27-49(28-26-46)55-23-13-14-24-58(55)62-59-39-33-50(44-17-7-2-8-18-44)41-56(59)57-42-51(34-40-60(57)62)45-19-9-3-10-20-45/h1-9,11-19,21-42H,10,20H2. The molecule has 0 amide bonds. The van der Waals surface area contributed by atoms with Gasteiger partial charge in [-0.15, -0.1) is 0 Å². The molecule has 62 heavy (non-hydrogen) atoms. The minimum absolute atomic E-state index is 1.06. The van der Waals surface area contributed by atoms with E-state index in [2.05, 4.69) is 252 Å². The van der Waals surface area contributed by atoms with Crippen molar-refractivity contribution in [1.29, 1.82) is 0 Å². The lowest BCUT2D eigenvalue weighted by atomic mass is 9.95. The van der Waals surface area contributed by atoms with Crippen LogP contribution >= 0.6 is 0 Å². The average Bonchev–Trinajstić information content (AvgIpc) is 3.68. The normalized spacial score (nSPS) is 12.4. The van der Waals surface area contributed by atoms with Gasteiger partial charge in [0.05, 0.1) is 16.7 Å².